The van der Waals surface area contributed by atoms with E-state index < -0.39 is 40.1 Å². The average molecular weight is 939 g/mol. The van der Waals surface area contributed by atoms with Crippen LogP contribution in [0.5, 0.6) is 17.2 Å². The topological polar surface area (TPSA) is 180 Å². The highest BCUT2D eigenvalue weighted by Gasteiger charge is 2.43. The van der Waals surface area contributed by atoms with Crippen molar-refractivity contribution < 1.29 is 37.3 Å². The lowest BCUT2D eigenvalue weighted by Crippen LogP contribution is -2.55. The first-order valence-electron chi connectivity index (χ1n) is 20.3. The van der Waals surface area contributed by atoms with Crippen LogP contribution in [0.15, 0.2) is 107 Å². The van der Waals surface area contributed by atoms with Crippen molar-refractivity contribution in [1.82, 2.24) is 14.6 Å². The lowest BCUT2D eigenvalue weighted by atomic mass is 9.94. The zero-order chi connectivity index (χ0) is 45.1. The van der Waals surface area contributed by atoms with Crippen LogP contribution in [0.3, 0.4) is 0 Å². The molecular weight excluding hydrogens is 898 g/mol. The van der Waals surface area contributed by atoms with Gasteiger partial charge in [-0.1, -0.05) is 89.1 Å². The first-order chi connectivity index (χ1) is 30.8. The third-order valence-electron chi connectivity index (χ3n) is 10.9. The number of aromatic nitrogens is 1. The van der Waals surface area contributed by atoms with Gasteiger partial charge in [0.1, 0.15) is 31.0 Å². The van der Waals surface area contributed by atoms with E-state index in [4.69, 9.17) is 42.7 Å². The summed E-state index contributed by atoms with van der Waals surface area (Å²) in [5.74, 6) is -0.546. The van der Waals surface area contributed by atoms with Crippen LogP contribution < -0.4 is 24.8 Å². The number of amides is 1. The van der Waals surface area contributed by atoms with Crippen molar-refractivity contribution in [3.05, 3.63) is 152 Å². The van der Waals surface area contributed by atoms with E-state index in [2.05, 4.69) is 21.7 Å². The number of aliphatic carboxylic acids is 1. The van der Waals surface area contributed by atoms with E-state index in [0.29, 0.717) is 67.8 Å². The first-order valence-corrected chi connectivity index (χ1v) is 23.3. The molecule has 0 saturated heterocycles. The Bertz CT molecular complexity index is 2870. The van der Waals surface area contributed by atoms with Crippen LogP contribution in [-0.2, 0) is 45.6 Å². The molecule has 13 nitrogen and oxygen atoms in total. The standard InChI is InChI=1S/C47H41Cl2N5O8S2/c1-3-51-47-52-27(2)46(63-47)64(58,59)54-24-35-22-42-41(61-26-43(62-42)33-13-15-36(16-14-33)60-25-30-8-17-37(48)38(49)18-30)21-34(35)20-40(54)44(55)53-39(45(56)57)19-28-4-9-31(10-5-28)32-11-6-29(23-50)7-12-32/h4-18,21-22,39-40,43H,3,19-20,24-26H2,1-2H3,(H,51,52)(H,53,55)(H,56,57)/t39?,40-,43-/m0/s1. The van der Waals surface area contributed by atoms with Gasteiger partial charge in [0.25, 0.3) is 10.0 Å². The summed E-state index contributed by atoms with van der Waals surface area (Å²) < 4.78 is 49.0. The summed E-state index contributed by atoms with van der Waals surface area (Å²) in [4.78, 5) is 31.4. The predicted molar refractivity (Wildman–Crippen MR) is 244 cm³/mol. The molecule has 6 aromatic rings. The minimum atomic E-state index is -4.36. The van der Waals surface area contributed by atoms with Gasteiger partial charge in [0.15, 0.2) is 26.9 Å². The molecular formula is C47H41Cl2N5O8S2. The van der Waals surface area contributed by atoms with Crippen LogP contribution >= 0.6 is 34.5 Å². The number of carboxylic acids is 1. The van der Waals surface area contributed by atoms with Crippen molar-refractivity contribution in [2.75, 3.05) is 18.5 Å². The second kappa shape index (κ2) is 18.9. The Hall–Kier alpha value is -6.15. The van der Waals surface area contributed by atoms with Gasteiger partial charge in [-0.25, -0.2) is 18.2 Å². The summed E-state index contributed by atoms with van der Waals surface area (Å²) in [6.07, 6.45) is -0.603. The molecule has 3 atom stereocenters. The molecule has 328 valence electrons. The number of nitrogens with zero attached hydrogens (tertiary/aromatic N) is 3. The Balaban J connectivity index is 1.02. The van der Waals surface area contributed by atoms with E-state index in [1.807, 2.05) is 61.5 Å². The maximum absolute atomic E-state index is 14.6. The van der Waals surface area contributed by atoms with Gasteiger partial charge in [-0.3, -0.25) is 4.79 Å². The summed E-state index contributed by atoms with van der Waals surface area (Å²) in [5, 5.41) is 26.5. The molecule has 3 heterocycles. The number of nitriles is 1. The number of hydrogen-bond acceptors (Lipinski definition) is 11. The summed E-state index contributed by atoms with van der Waals surface area (Å²) >= 11 is 13.2. The highest BCUT2D eigenvalue weighted by molar-refractivity contribution is 7.91. The van der Waals surface area contributed by atoms with E-state index in [9.17, 15) is 23.1 Å². The van der Waals surface area contributed by atoms with Gasteiger partial charge in [0.2, 0.25) is 5.91 Å². The molecule has 8 rings (SSSR count). The molecule has 0 fully saturated rings. The maximum atomic E-state index is 14.6. The fourth-order valence-corrected chi connectivity index (χ4v) is 11.1. The van der Waals surface area contributed by atoms with Crippen molar-refractivity contribution in [3.63, 3.8) is 0 Å². The Labute approximate surface area is 384 Å². The Kier molecular flexibility index (Phi) is 13.1. The molecule has 1 unspecified atom stereocenters. The molecule has 0 aliphatic carbocycles. The normalized spacial score (nSPS) is 16.2. The van der Waals surface area contributed by atoms with E-state index in [1.165, 1.54) is 0 Å². The van der Waals surface area contributed by atoms with Gasteiger partial charge >= 0.3 is 5.97 Å². The minimum Gasteiger partial charge on any atom is -0.489 e. The maximum Gasteiger partial charge on any atom is 0.326 e. The molecule has 0 radical (unpaired) electrons. The molecule has 0 bridgehead atoms. The summed E-state index contributed by atoms with van der Waals surface area (Å²) in [6, 6.07) is 30.0. The van der Waals surface area contributed by atoms with Crippen molar-refractivity contribution in [2.24, 2.45) is 0 Å². The van der Waals surface area contributed by atoms with E-state index >= 15 is 0 Å². The van der Waals surface area contributed by atoms with Gasteiger partial charge in [-0.15, -0.1) is 0 Å². The first kappa shape index (κ1) is 44.5. The number of thiazole rings is 1. The van der Waals surface area contributed by atoms with Gasteiger partial charge < -0.3 is 30.0 Å². The summed E-state index contributed by atoms with van der Waals surface area (Å²) in [7, 11) is -4.36. The number of ether oxygens (including phenoxy) is 3. The molecule has 17 heteroatoms. The van der Waals surface area contributed by atoms with Crippen LogP contribution in [0.4, 0.5) is 5.13 Å². The van der Waals surface area contributed by atoms with Crippen LogP contribution in [0.1, 0.15) is 52.1 Å². The Morgan fingerprint density at radius 3 is 2.31 bits per heavy atom. The van der Waals surface area contributed by atoms with Gasteiger partial charge in [0.05, 0.1) is 27.4 Å². The zero-order valence-corrected chi connectivity index (χ0v) is 37.7. The van der Waals surface area contributed by atoms with Gasteiger partial charge in [-0.2, -0.15) is 9.57 Å². The highest BCUT2D eigenvalue weighted by Crippen LogP contribution is 2.42. The third kappa shape index (κ3) is 9.67. The minimum absolute atomic E-state index is 0.0242. The molecule has 2 aliphatic rings. The van der Waals surface area contributed by atoms with Crippen molar-refractivity contribution in [2.45, 2.75) is 62.2 Å². The number of carbonyl (C=O) groups is 2. The van der Waals surface area contributed by atoms with Gasteiger partial charge in [0, 0.05) is 19.5 Å². The van der Waals surface area contributed by atoms with E-state index in [-0.39, 0.29) is 35.9 Å². The number of aryl methyl sites for hydroxylation is 1. The van der Waals surface area contributed by atoms with Gasteiger partial charge in [-0.05, 0) is 108 Å². The van der Waals surface area contributed by atoms with Crippen LogP contribution in [0.25, 0.3) is 11.1 Å². The molecule has 3 N–H and O–H groups in total. The van der Waals surface area contributed by atoms with Crippen LogP contribution in [0, 0.1) is 18.3 Å². The van der Waals surface area contributed by atoms with Crippen LogP contribution in [0.2, 0.25) is 10.0 Å². The number of nitrogens with one attached hydrogen (secondary N) is 2. The lowest BCUT2D eigenvalue weighted by molar-refractivity contribution is -0.142. The molecule has 1 aromatic heterocycles. The van der Waals surface area contributed by atoms with Crippen molar-refractivity contribution in [3.8, 4) is 34.4 Å². The average Bonchev–Trinajstić information content (AvgIpc) is 3.68. The highest BCUT2D eigenvalue weighted by atomic mass is 35.5. The number of fused-ring (bicyclic) bond motifs is 2. The predicted octanol–water partition coefficient (Wildman–Crippen LogP) is 8.75. The zero-order valence-electron chi connectivity index (χ0n) is 34.5. The summed E-state index contributed by atoms with van der Waals surface area (Å²) in [5.41, 5.74) is 6.17. The Morgan fingerprint density at radius 2 is 1.64 bits per heavy atom. The monoisotopic (exact) mass is 937 g/mol. The van der Waals surface area contributed by atoms with Crippen molar-refractivity contribution in [1.29, 1.82) is 5.26 Å². The number of carboxylic acid groups (broad SMARTS) is 1. The molecule has 2 aliphatic heterocycles. The number of carbonyl (C=O) groups excluding carboxylic acids is 1. The number of sulfonamides is 1. The summed E-state index contributed by atoms with van der Waals surface area (Å²) in [6.45, 7) is 4.27. The smallest absolute Gasteiger partial charge is 0.326 e. The molecule has 5 aromatic carbocycles. The molecule has 0 spiro atoms. The third-order valence-corrected chi connectivity index (χ3v) is 15.2. The number of benzene rings is 5. The molecule has 64 heavy (non-hydrogen) atoms. The lowest BCUT2D eigenvalue weighted by Gasteiger charge is -2.36. The Morgan fingerprint density at radius 1 is 0.953 bits per heavy atom. The second-order valence-electron chi connectivity index (χ2n) is 15.3. The number of anilines is 1. The fourth-order valence-electron chi connectivity index (χ4n) is 7.57. The van der Waals surface area contributed by atoms with Crippen molar-refractivity contribution >= 4 is 61.6 Å². The van der Waals surface area contributed by atoms with E-state index in [0.717, 1.165) is 37.9 Å². The number of halogens is 2. The number of hydrogen-bond donors (Lipinski definition) is 3. The van der Waals surface area contributed by atoms with Crippen LogP contribution in [-0.4, -0.2) is 59.9 Å². The fraction of sp³-hybridized carbons (Fsp3) is 0.234. The second-order valence-corrected chi connectivity index (χ2v) is 19.2. The quantitative estimate of drug-likeness (QED) is 0.0951. The number of rotatable bonds is 14. The molecule has 0 saturated carbocycles. The van der Waals surface area contributed by atoms with E-state index in [1.54, 1.807) is 55.5 Å². The molecule has 1 amide bonds. The SMILES string of the molecule is CCNc1nc(C)c(S(=O)(=O)N2Cc3cc4c(cc3C[C@H]2C(=O)NC(Cc2ccc(-c3ccc(C#N)cc3)cc2)C(=O)O)OC[C@@H](c2ccc(OCc3ccc(Cl)c(Cl)c3)cc2)O4)s1. The largest absolute Gasteiger partial charge is 0.489 e.